The maximum absolute atomic E-state index is 4.45. The first-order valence-electron chi connectivity index (χ1n) is 4.77. The largest absolute Gasteiger partial charge is 0.237 e. The average Bonchev–Trinajstić information content (AvgIpc) is 2.30. The summed E-state index contributed by atoms with van der Waals surface area (Å²) >= 11 is 0. The van der Waals surface area contributed by atoms with Crippen LogP contribution in [-0.2, 0) is 6.42 Å². The Morgan fingerprint density at radius 3 is 2.57 bits per heavy atom. The van der Waals surface area contributed by atoms with Crippen LogP contribution >= 0.6 is 0 Å². The van der Waals surface area contributed by atoms with Crippen molar-refractivity contribution in [3.63, 3.8) is 0 Å². The molecule has 1 heterocycles. The summed E-state index contributed by atoms with van der Waals surface area (Å²) in [5.74, 6) is 0.810. The molecule has 0 aliphatic rings. The van der Waals surface area contributed by atoms with E-state index in [1.54, 1.807) is 0 Å². The summed E-state index contributed by atoms with van der Waals surface area (Å²) in [5, 5.41) is 0. The molecule has 0 saturated heterocycles. The zero-order valence-electron chi connectivity index (χ0n) is 8.14. The minimum absolute atomic E-state index is 0.810. The van der Waals surface area contributed by atoms with Crippen molar-refractivity contribution in [1.29, 1.82) is 0 Å². The van der Waals surface area contributed by atoms with E-state index in [4.69, 9.17) is 0 Å². The highest BCUT2D eigenvalue weighted by Gasteiger charge is 1.99. The highest BCUT2D eigenvalue weighted by Crippen LogP contribution is 2.13. The first kappa shape index (κ1) is 8.88. The van der Waals surface area contributed by atoms with Crippen molar-refractivity contribution in [3.05, 3.63) is 48.3 Å². The molecule has 14 heavy (non-hydrogen) atoms. The molecule has 1 aromatic heterocycles. The molecule has 2 rings (SSSR count). The van der Waals surface area contributed by atoms with Crippen molar-refractivity contribution in [2.45, 2.75) is 13.3 Å². The monoisotopic (exact) mass is 184 g/mol. The van der Waals surface area contributed by atoms with E-state index in [9.17, 15) is 0 Å². The summed E-state index contributed by atoms with van der Waals surface area (Å²) in [6.07, 6.45) is 2.76. The standard InChI is InChI=1S/C12H12N2/c1-2-11-8-9-13-12(14-11)10-6-4-3-5-7-10/h3-9H,2H2,1H3. The molecular weight excluding hydrogens is 172 g/mol. The summed E-state index contributed by atoms with van der Waals surface area (Å²) in [6.45, 7) is 2.09. The molecule has 0 aliphatic heterocycles. The number of benzene rings is 1. The van der Waals surface area contributed by atoms with Crippen molar-refractivity contribution < 1.29 is 0 Å². The van der Waals surface area contributed by atoms with E-state index in [1.807, 2.05) is 42.6 Å². The fourth-order valence-electron chi connectivity index (χ4n) is 1.32. The van der Waals surface area contributed by atoms with Crippen LogP contribution in [0, 0.1) is 0 Å². The minimum Gasteiger partial charge on any atom is -0.237 e. The first-order chi connectivity index (χ1) is 6.90. The molecule has 0 spiro atoms. The average molecular weight is 184 g/mol. The van der Waals surface area contributed by atoms with Crippen LogP contribution in [0.4, 0.5) is 0 Å². The van der Waals surface area contributed by atoms with E-state index in [1.165, 1.54) is 0 Å². The van der Waals surface area contributed by atoms with E-state index < -0.39 is 0 Å². The molecule has 0 fully saturated rings. The first-order valence-corrected chi connectivity index (χ1v) is 4.77. The molecule has 1 aromatic carbocycles. The number of aryl methyl sites for hydroxylation is 1. The third-order valence-corrected chi connectivity index (χ3v) is 2.11. The molecule has 70 valence electrons. The molecule has 2 heteroatoms. The summed E-state index contributed by atoms with van der Waals surface area (Å²) in [7, 11) is 0. The van der Waals surface area contributed by atoms with Crippen LogP contribution in [0.2, 0.25) is 0 Å². The van der Waals surface area contributed by atoms with Crippen LogP contribution < -0.4 is 0 Å². The highest BCUT2D eigenvalue weighted by molar-refractivity contribution is 5.54. The van der Waals surface area contributed by atoms with Gasteiger partial charge in [-0.1, -0.05) is 37.3 Å². The lowest BCUT2D eigenvalue weighted by molar-refractivity contribution is 1.01. The maximum Gasteiger partial charge on any atom is 0.159 e. The topological polar surface area (TPSA) is 25.8 Å². The quantitative estimate of drug-likeness (QED) is 0.717. The number of aromatic nitrogens is 2. The van der Waals surface area contributed by atoms with E-state index in [-0.39, 0.29) is 0 Å². The minimum atomic E-state index is 0.810. The molecule has 0 bridgehead atoms. The molecule has 0 saturated carbocycles. The van der Waals surface area contributed by atoms with Crippen molar-refractivity contribution in [1.82, 2.24) is 9.97 Å². The maximum atomic E-state index is 4.45. The van der Waals surface area contributed by atoms with Gasteiger partial charge in [-0.05, 0) is 12.5 Å². The van der Waals surface area contributed by atoms with Crippen molar-refractivity contribution in [2.24, 2.45) is 0 Å². The molecule has 0 unspecified atom stereocenters. The molecule has 0 N–H and O–H groups in total. The van der Waals surface area contributed by atoms with Gasteiger partial charge in [-0.15, -0.1) is 0 Å². The Hall–Kier alpha value is -1.70. The van der Waals surface area contributed by atoms with Crippen molar-refractivity contribution in [3.8, 4) is 11.4 Å². The Labute approximate surface area is 83.7 Å². The lowest BCUT2D eigenvalue weighted by Gasteiger charge is -2.00. The molecule has 0 radical (unpaired) electrons. The second-order valence-corrected chi connectivity index (χ2v) is 3.09. The van der Waals surface area contributed by atoms with Gasteiger partial charge in [0.05, 0.1) is 0 Å². The van der Waals surface area contributed by atoms with Crippen molar-refractivity contribution >= 4 is 0 Å². The number of hydrogen-bond donors (Lipinski definition) is 0. The number of nitrogens with zero attached hydrogens (tertiary/aromatic N) is 2. The molecule has 2 aromatic rings. The van der Waals surface area contributed by atoms with Crippen molar-refractivity contribution in [2.75, 3.05) is 0 Å². The number of hydrogen-bond acceptors (Lipinski definition) is 2. The van der Waals surface area contributed by atoms with Gasteiger partial charge in [-0.3, -0.25) is 0 Å². The van der Waals surface area contributed by atoms with Crippen LogP contribution in [0.1, 0.15) is 12.6 Å². The van der Waals surface area contributed by atoms with E-state index in [0.29, 0.717) is 0 Å². The zero-order chi connectivity index (χ0) is 9.80. The predicted molar refractivity (Wildman–Crippen MR) is 56.8 cm³/mol. The van der Waals surface area contributed by atoms with Crippen LogP contribution in [0.25, 0.3) is 11.4 Å². The van der Waals surface area contributed by atoms with Gasteiger partial charge in [-0.25, -0.2) is 9.97 Å². The molecule has 0 atom stereocenters. The van der Waals surface area contributed by atoms with Gasteiger partial charge in [0.1, 0.15) is 0 Å². The molecule has 2 nitrogen and oxygen atoms in total. The third kappa shape index (κ3) is 1.79. The second-order valence-electron chi connectivity index (χ2n) is 3.09. The van der Waals surface area contributed by atoms with Crippen LogP contribution in [0.3, 0.4) is 0 Å². The lowest BCUT2D eigenvalue weighted by atomic mass is 10.2. The summed E-state index contributed by atoms with van der Waals surface area (Å²) in [4.78, 5) is 8.70. The molecule has 0 amide bonds. The molecule has 0 aliphatic carbocycles. The summed E-state index contributed by atoms with van der Waals surface area (Å²) < 4.78 is 0. The fraction of sp³-hybridized carbons (Fsp3) is 0.167. The lowest BCUT2D eigenvalue weighted by Crippen LogP contribution is -1.92. The van der Waals surface area contributed by atoms with Gasteiger partial charge in [0.25, 0.3) is 0 Å². The third-order valence-electron chi connectivity index (χ3n) is 2.11. The van der Waals surface area contributed by atoms with Gasteiger partial charge in [0.15, 0.2) is 5.82 Å². The van der Waals surface area contributed by atoms with Gasteiger partial charge < -0.3 is 0 Å². The Bertz CT molecular complexity index is 410. The summed E-state index contributed by atoms with van der Waals surface area (Å²) in [5.41, 5.74) is 2.15. The van der Waals surface area contributed by atoms with Crippen LogP contribution in [0.5, 0.6) is 0 Å². The van der Waals surface area contributed by atoms with E-state index in [0.717, 1.165) is 23.5 Å². The van der Waals surface area contributed by atoms with Crippen LogP contribution in [-0.4, -0.2) is 9.97 Å². The normalized spacial score (nSPS) is 10.1. The predicted octanol–water partition coefficient (Wildman–Crippen LogP) is 2.71. The van der Waals surface area contributed by atoms with Gasteiger partial charge in [0.2, 0.25) is 0 Å². The van der Waals surface area contributed by atoms with E-state index >= 15 is 0 Å². The Balaban J connectivity index is 2.42. The van der Waals surface area contributed by atoms with Gasteiger partial charge in [-0.2, -0.15) is 0 Å². The van der Waals surface area contributed by atoms with Crippen LogP contribution in [0.15, 0.2) is 42.6 Å². The Morgan fingerprint density at radius 1 is 1.07 bits per heavy atom. The molecular formula is C12H12N2. The summed E-state index contributed by atoms with van der Waals surface area (Å²) in [6, 6.07) is 12.0. The highest BCUT2D eigenvalue weighted by atomic mass is 14.9. The second kappa shape index (κ2) is 4.01. The Kier molecular flexibility index (Phi) is 2.54. The fourth-order valence-corrected chi connectivity index (χ4v) is 1.32. The van der Waals surface area contributed by atoms with Gasteiger partial charge >= 0.3 is 0 Å². The SMILES string of the molecule is CCc1ccnc(-c2ccccc2)n1. The van der Waals surface area contributed by atoms with Gasteiger partial charge in [0, 0.05) is 17.5 Å². The Morgan fingerprint density at radius 2 is 1.86 bits per heavy atom. The van der Waals surface area contributed by atoms with E-state index in [2.05, 4.69) is 16.9 Å². The smallest absolute Gasteiger partial charge is 0.159 e. The number of rotatable bonds is 2. The zero-order valence-corrected chi connectivity index (χ0v) is 8.14.